The van der Waals surface area contributed by atoms with Crippen molar-refractivity contribution in [3.05, 3.63) is 70.4 Å². The van der Waals surface area contributed by atoms with Crippen LogP contribution in [0, 0.1) is 5.82 Å². The standard InChI is InChI=1S/C19H17FN2O3/c1-3-22-17(18(23)21-14-6-4-13(20)5-7-14)11-12-10-15(25-2)8-9-16(12)19(22)24/h4-11H,3H2,1-2H3,(H,21,23). The highest BCUT2D eigenvalue weighted by atomic mass is 19.1. The van der Waals surface area contributed by atoms with Gasteiger partial charge in [0, 0.05) is 17.6 Å². The van der Waals surface area contributed by atoms with Crippen LogP contribution in [0.3, 0.4) is 0 Å². The highest BCUT2D eigenvalue weighted by molar-refractivity contribution is 6.05. The van der Waals surface area contributed by atoms with E-state index in [1.165, 1.54) is 35.9 Å². The molecule has 0 saturated heterocycles. The minimum Gasteiger partial charge on any atom is -0.497 e. The quantitative estimate of drug-likeness (QED) is 0.792. The molecule has 0 saturated carbocycles. The summed E-state index contributed by atoms with van der Waals surface area (Å²) in [6.45, 7) is 2.15. The van der Waals surface area contributed by atoms with E-state index >= 15 is 0 Å². The maximum Gasteiger partial charge on any atom is 0.272 e. The third-order valence-corrected chi connectivity index (χ3v) is 3.97. The third kappa shape index (κ3) is 3.24. The van der Waals surface area contributed by atoms with Crippen molar-refractivity contribution < 1.29 is 13.9 Å². The number of hydrogen-bond acceptors (Lipinski definition) is 3. The van der Waals surface area contributed by atoms with Gasteiger partial charge in [0.1, 0.15) is 17.3 Å². The highest BCUT2D eigenvalue weighted by Gasteiger charge is 2.15. The maximum atomic E-state index is 13.0. The zero-order valence-electron chi connectivity index (χ0n) is 13.9. The molecule has 3 aromatic rings. The minimum atomic E-state index is -0.435. The van der Waals surface area contributed by atoms with Crippen LogP contribution in [-0.2, 0) is 6.54 Å². The fraction of sp³-hybridized carbons (Fsp3) is 0.158. The first-order valence-corrected chi connectivity index (χ1v) is 7.82. The lowest BCUT2D eigenvalue weighted by Gasteiger charge is -2.13. The van der Waals surface area contributed by atoms with Crippen molar-refractivity contribution in [3.8, 4) is 5.75 Å². The predicted octanol–water partition coefficient (Wildman–Crippen LogP) is 3.42. The van der Waals surface area contributed by atoms with E-state index in [9.17, 15) is 14.0 Å². The van der Waals surface area contributed by atoms with Gasteiger partial charge >= 0.3 is 0 Å². The number of pyridine rings is 1. The molecule has 0 spiro atoms. The van der Waals surface area contributed by atoms with Gasteiger partial charge in [0.15, 0.2) is 0 Å². The number of carbonyl (C=O) groups excluding carboxylic acids is 1. The summed E-state index contributed by atoms with van der Waals surface area (Å²) in [6, 6.07) is 12.2. The number of nitrogens with zero attached hydrogens (tertiary/aromatic N) is 1. The molecular formula is C19H17FN2O3. The second-order valence-electron chi connectivity index (χ2n) is 5.49. The van der Waals surface area contributed by atoms with Crippen molar-refractivity contribution in [3.63, 3.8) is 0 Å². The Hall–Kier alpha value is -3.15. The van der Waals surface area contributed by atoms with Crippen molar-refractivity contribution in [1.82, 2.24) is 4.57 Å². The Labute approximate surface area is 143 Å². The number of aromatic nitrogens is 1. The first-order chi connectivity index (χ1) is 12.0. The molecule has 1 heterocycles. The number of anilines is 1. The van der Waals surface area contributed by atoms with Gasteiger partial charge in [0.2, 0.25) is 0 Å². The second-order valence-corrected chi connectivity index (χ2v) is 5.49. The van der Waals surface area contributed by atoms with Gasteiger partial charge in [-0.1, -0.05) is 0 Å². The van der Waals surface area contributed by atoms with Gasteiger partial charge in [-0.3, -0.25) is 9.59 Å². The molecule has 0 fully saturated rings. The first-order valence-electron chi connectivity index (χ1n) is 7.82. The van der Waals surface area contributed by atoms with Crippen LogP contribution in [0.4, 0.5) is 10.1 Å². The van der Waals surface area contributed by atoms with Gasteiger partial charge < -0.3 is 14.6 Å². The third-order valence-electron chi connectivity index (χ3n) is 3.97. The lowest BCUT2D eigenvalue weighted by molar-refractivity contribution is 0.101. The molecule has 2 aromatic carbocycles. The number of benzene rings is 2. The Morgan fingerprint density at radius 2 is 1.88 bits per heavy atom. The van der Waals surface area contributed by atoms with E-state index < -0.39 is 5.91 Å². The lowest BCUT2D eigenvalue weighted by Crippen LogP contribution is -2.28. The fourth-order valence-electron chi connectivity index (χ4n) is 2.69. The van der Waals surface area contributed by atoms with E-state index in [0.717, 1.165) is 0 Å². The van der Waals surface area contributed by atoms with Crippen LogP contribution in [0.25, 0.3) is 10.8 Å². The molecule has 0 aliphatic rings. The molecule has 0 unspecified atom stereocenters. The highest BCUT2D eigenvalue weighted by Crippen LogP contribution is 2.20. The number of halogens is 1. The number of amides is 1. The largest absolute Gasteiger partial charge is 0.497 e. The van der Waals surface area contributed by atoms with Gasteiger partial charge in [-0.05, 0) is 60.8 Å². The Morgan fingerprint density at radius 3 is 2.52 bits per heavy atom. The Bertz CT molecular complexity index is 994. The van der Waals surface area contributed by atoms with Crippen LogP contribution in [0.15, 0.2) is 53.3 Å². The molecule has 1 amide bonds. The Balaban J connectivity index is 2.08. The molecule has 6 heteroatoms. The molecule has 1 aromatic heterocycles. The second kappa shape index (κ2) is 6.76. The molecule has 0 aliphatic carbocycles. The molecule has 0 bridgehead atoms. The molecule has 1 N–H and O–H groups in total. The van der Waals surface area contributed by atoms with Gasteiger partial charge in [0.25, 0.3) is 11.5 Å². The van der Waals surface area contributed by atoms with Crippen LogP contribution >= 0.6 is 0 Å². The fourth-order valence-corrected chi connectivity index (χ4v) is 2.69. The zero-order chi connectivity index (χ0) is 18.0. The molecule has 3 rings (SSSR count). The lowest BCUT2D eigenvalue weighted by atomic mass is 10.1. The number of nitrogens with one attached hydrogen (secondary N) is 1. The van der Waals surface area contributed by atoms with Crippen molar-refractivity contribution in [2.75, 3.05) is 12.4 Å². The number of carbonyl (C=O) groups is 1. The van der Waals surface area contributed by atoms with E-state index in [1.54, 1.807) is 31.2 Å². The summed E-state index contributed by atoms with van der Waals surface area (Å²) < 4.78 is 19.6. The number of hydrogen-bond donors (Lipinski definition) is 1. The molecule has 0 radical (unpaired) electrons. The van der Waals surface area contributed by atoms with Crippen LogP contribution < -0.4 is 15.6 Å². The van der Waals surface area contributed by atoms with Crippen molar-refractivity contribution >= 4 is 22.4 Å². The van der Waals surface area contributed by atoms with Crippen molar-refractivity contribution in [2.45, 2.75) is 13.5 Å². The smallest absolute Gasteiger partial charge is 0.272 e. The Morgan fingerprint density at radius 1 is 1.16 bits per heavy atom. The van der Waals surface area contributed by atoms with E-state index in [2.05, 4.69) is 5.32 Å². The summed E-state index contributed by atoms with van der Waals surface area (Å²) >= 11 is 0. The predicted molar refractivity (Wildman–Crippen MR) is 94.8 cm³/mol. The SMILES string of the molecule is CCn1c(C(=O)Nc2ccc(F)cc2)cc2cc(OC)ccc2c1=O. The van der Waals surface area contributed by atoms with Gasteiger partial charge in [0.05, 0.1) is 7.11 Å². The van der Waals surface area contributed by atoms with Crippen molar-refractivity contribution in [1.29, 1.82) is 0 Å². The summed E-state index contributed by atoms with van der Waals surface area (Å²) in [7, 11) is 1.54. The zero-order valence-corrected chi connectivity index (χ0v) is 13.9. The number of rotatable bonds is 4. The molecule has 0 aliphatic heterocycles. The van der Waals surface area contributed by atoms with Gasteiger partial charge in [-0.15, -0.1) is 0 Å². The van der Waals surface area contributed by atoms with E-state index in [-0.39, 0.29) is 17.1 Å². The van der Waals surface area contributed by atoms with Crippen LogP contribution in [0.5, 0.6) is 5.75 Å². The normalized spacial score (nSPS) is 10.7. The van der Waals surface area contributed by atoms with Crippen LogP contribution in [0.1, 0.15) is 17.4 Å². The summed E-state index contributed by atoms with van der Waals surface area (Å²) in [6.07, 6.45) is 0. The number of methoxy groups -OCH3 is 1. The monoisotopic (exact) mass is 340 g/mol. The summed E-state index contributed by atoms with van der Waals surface area (Å²) in [5.74, 6) is -0.220. The molecule has 0 atom stereocenters. The molecule has 5 nitrogen and oxygen atoms in total. The summed E-state index contributed by atoms with van der Waals surface area (Å²) in [4.78, 5) is 25.3. The van der Waals surface area contributed by atoms with Gasteiger partial charge in [-0.2, -0.15) is 0 Å². The minimum absolute atomic E-state index is 0.234. The first kappa shape index (κ1) is 16.7. The van der Waals surface area contributed by atoms with E-state index in [1.807, 2.05) is 0 Å². The van der Waals surface area contributed by atoms with Crippen molar-refractivity contribution in [2.24, 2.45) is 0 Å². The summed E-state index contributed by atoms with van der Waals surface area (Å²) in [5, 5.41) is 3.82. The Kier molecular flexibility index (Phi) is 4.52. The maximum absolute atomic E-state index is 13.0. The van der Waals surface area contributed by atoms with Crippen LogP contribution in [-0.4, -0.2) is 17.6 Å². The molecule has 128 valence electrons. The molecule has 25 heavy (non-hydrogen) atoms. The summed E-state index contributed by atoms with van der Waals surface area (Å²) in [5.41, 5.74) is 0.441. The average molecular weight is 340 g/mol. The van der Waals surface area contributed by atoms with E-state index in [0.29, 0.717) is 28.8 Å². The molecular weight excluding hydrogens is 323 g/mol. The van der Waals surface area contributed by atoms with Crippen LogP contribution in [0.2, 0.25) is 0 Å². The van der Waals surface area contributed by atoms with E-state index in [4.69, 9.17) is 4.74 Å². The topological polar surface area (TPSA) is 60.3 Å². The van der Waals surface area contributed by atoms with Gasteiger partial charge in [-0.25, -0.2) is 4.39 Å². The number of fused-ring (bicyclic) bond motifs is 1. The average Bonchev–Trinajstić information content (AvgIpc) is 2.63. The number of ether oxygens (including phenoxy) is 1.